The number of nitrogens with zero attached hydrogens (tertiary/aromatic N) is 4. The maximum absolute atomic E-state index is 12.8. The zero-order chi connectivity index (χ0) is 29.1. The van der Waals surface area contributed by atoms with Crippen LogP contribution in [0.3, 0.4) is 0 Å². The van der Waals surface area contributed by atoms with Gasteiger partial charge in [-0.25, -0.2) is 4.79 Å². The number of likely N-dealkylation sites (tertiary alicyclic amines) is 1. The van der Waals surface area contributed by atoms with Crippen LogP contribution in [0.5, 0.6) is 5.75 Å². The second-order valence-electron chi connectivity index (χ2n) is 12.4. The zero-order valence-electron chi connectivity index (χ0n) is 24.6. The molecule has 1 atom stereocenters. The van der Waals surface area contributed by atoms with Crippen LogP contribution in [-0.2, 0) is 27.4 Å². The average Bonchev–Trinajstić information content (AvgIpc) is 3.11. The molecule has 2 aromatic heterocycles. The smallest absolute Gasteiger partial charge is 0.410 e. The first-order valence-corrected chi connectivity index (χ1v) is 18.2. The van der Waals surface area contributed by atoms with Gasteiger partial charge in [0.25, 0.3) is 0 Å². The van der Waals surface area contributed by atoms with E-state index in [1.54, 1.807) is 7.11 Å². The lowest BCUT2D eigenvalue weighted by Gasteiger charge is -2.41. The highest BCUT2D eigenvalue weighted by atomic mass is 79.9. The molecule has 3 aromatic rings. The molecule has 0 saturated carbocycles. The van der Waals surface area contributed by atoms with Gasteiger partial charge in [-0.2, -0.15) is 0 Å². The number of ether oxygens (including phenoxy) is 4. The van der Waals surface area contributed by atoms with Gasteiger partial charge in [0.15, 0.2) is 12.4 Å². The molecule has 3 heterocycles. The molecular weight excluding hydrogens is 592 g/mol. The molecular formula is C29H41BrN4O5Si. The molecule has 0 spiro atoms. The Morgan fingerprint density at radius 3 is 2.58 bits per heavy atom. The number of carbonyl (C=O) groups is 1. The third-order valence-corrected chi connectivity index (χ3v) is 9.35. The molecule has 0 radical (unpaired) electrons. The van der Waals surface area contributed by atoms with E-state index in [4.69, 9.17) is 18.9 Å². The minimum atomic E-state index is -1.23. The topological polar surface area (TPSA) is 87.9 Å². The van der Waals surface area contributed by atoms with Crippen molar-refractivity contribution in [1.29, 1.82) is 0 Å². The lowest BCUT2D eigenvalue weighted by Crippen LogP contribution is -2.53. The molecule has 1 unspecified atom stereocenters. The van der Waals surface area contributed by atoms with Gasteiger partial charge in [0, 0.05) is 61.9 Å². The molecule has 1 amide bonds. The Kier molecular flexibility index (Phi) is 9.59. The molecule has 0 bridgehead atoms. The van der Waals surface area contributed by atoms with Crippen molar-refractivity contribution >= 4 is 41.1 Å². The first-order valence-electron chi connectivity index (χ1n) is 13.7. The van der Waals surface area contributed by atoms with Gasteiger partial charge in [-0.3, -0.25) is 0 Å². The second-order valence-corrected chi connectivity index (χ2v) is 18.8. The number of benzene rings is 1. The van der Waals surface area contributed by atoms with Gasteiger partial charge in [-0.15, -0.1) is 10.2 Å². The number of hydrogen-bond acceptors (Lipinski definition) is 7. The molecule has 0 aliphatic carbocycles. The van der Waals surface area contributed by atoms with Gasteiger partial charge < -0.3 is 28.4 Å². The summed E-state index contributed by atoms with van der Waals surface area (Å²) in [6.45, 7) is 14.6. The van der Waals surface area contributed by atoms with Crippen LogP contribution >= 0.6 is 15.9 Å². The van der Waals surface area contributed by atoms with Crippen LogP contribution < -0.4 is 4.74 Å². The van der Waals surface area contributed by atoms with E-state index in [1.807, 2.05) is 56.0 Å². The second kappa shape index (κ2) is 12.6. The van der Waals surface area contributed by atoms with E-state index in [-0.39, 0.29) is 18.9 Å². The average molecular weight is 634 g/mol. The summed E-state index contributed by atoms with van der Waals surface area (Å²) in [5.41, 5.74) is 2.75. The number of methoxy groups -OCH3 is 1. The van der Waals surface area contributed by atoms with Crippen molar-refractivity contribution in [1.82, 2.24) is 19.7 Å². The van der Waals surface area contributed by atoms with E-state index < -0.39 is 13.7 Å². The summed E-state index contributed by atoms with van der Waals surface area (Å²) in [6, 6.07) is 10.8. The fourth-order valence-electron chi connectivity index (χ4n) is 4.52. The highest BCUT2D eigenvalue weighted by Crippen LogP contribution is 2.37. The van der Waals surface area contributed by atoms with Crippen molar-refractivity contribution in [2.45, 2.75) is 77.7 Å². The monoisotopic (exact) mass is 632 g/mol. The Morgan fingerprint density at radius 1 is 1.18 bits per heavy atom. The third-order valence-electron chi connectivity index (χ3n) is 6.76. The molecule has 1 aliphatic heterocycles. The summed E-state index contributed by atoms with van der Waals surface area (Å²) >= 11 is 3.87. The van der Waals surface area contributed by atoms with E-state index in [0.717, 1.165) is 39.2 Å². The van der Waals surface area contributed by atoms with E-state index in [0.29, 0.717) is 37.7 Å². The van der Waals surface area contributed by atoms with Crippen LogP contribution in [0.15, 0.2) is 34.8 Å². The Hall–Kier alpha value is -2.47. The van der Waals surface area contributed by atoms with Crippen molar-refractivity contribution in [2.24, 2.45) is 0 Å². The number of amides is 1. The molecule has 40 heavy (non-hydrogen) atoms. The fourth-order valence-corrected chi connectivity index (χ4v) is 5.94. The number of hydrogen-bond donors (Lipinski definition) is 0. The molecule has 218 valence electrons. The maximum atomic E-state index is 12.8. The largest absolute Gasteiger partial charge is 0.467 e. The number of fused-ring (bicyclic) bond motifs is 1. The zero-order valence-corrected chi connectivity index (χ0v) is 27.2. The normalized spacial score (nSPS) is 15.8. The Labute approximate surface area is 246 Å². The summed E-state index contributed by atoms with van der Waals surface area (Å²) in [5.74, 6) is 0.672. The van der Waals surface area contributed by atoms with Crippen molar-refractivity contribution in [3.63, 3.8) is 0 Å². The summed E-state index contributed by atoms with van der Waals surface area (Å²) in [5, 5.41) is 10.2. The van der Waals surface area contributed by atoms with Gasteiger partial charge in [0.05, 0.1) is 5.69 Å². The van der Waals surface area contributed by atoms with Gasteiger partial charge in [0.1, 0.15) is 18.1 Å². The van der Waals surface area contributed by atoms with Crippen molar-refractivity contribution in [3.05, 3.63) is 40.5 Å². The third kappa shape index (κ3) is 7.42. The van der Waals surface area contributed by atoms with Gasteiger partial charge in [0.2, 0.25) is 0 Å². The standard InChI is InChI=1S/C29H41BrN4O5Si/c1-29(2,3)39-28(35)33-13-12-20(33)16-24-26(30)22-17-23(21-10-8-9-11-25(21)38-19-36-4)31-32-27(22)34(24)18-37-14-15-40(5,6)7/h8-11,17,20H,12-16,18-19H2,1-7H3. The van der Waals surface area contributed by atoms with Crippen LogP contribution in [0.25, 0.3) is 22.3 Å². The number of halogens is 1. The van der Waals surface area contributed by atoms with Gasteiger partial charge in [-0.1, -0.05) is 31.8 Å². The van der Waals surface area contributed by atoms with Crippen molar-refractivity contribution in [2.75, 3.05) is 27.1 Å². The lowest BCUT2D eigenvalue weighted by molar-refractivity contribution is -0.00558. The van der Waals surface area contributed by atoms with E-state index in [9.17, 15) is 4.79 Å². The summed E-state index contributed by atoms with van der Waals surface area (Å²) in [7, 11) is 0.359. The molecule has 9 nitrogen and oxygen atoms in total. The van der Waals surface area contributed by atoms with E-state index in [1.165, 1.54) is 0 Å². The van der Waals surface area contributed by atoms with Crippen LogP contribution in [-0.4, -0.2) is 72.5 Å². The minimum absolute atomic E-state index is 0.0341. The van der Waals surface area contributed by atoms with Crippen molar-refractivity contribution < 1.29 is 23.7 Å². The summed E-state index contributed by atoms with van der Waals surface area (Å²) < 4.78 is 25.7. The predicted molar refractivity (Wildman–Crippen MR) is 162 cm³/mol. The van der Waals surface area contributed by atoms with Crippen LogP contribution in [0.2, 0.25) is 25.7 Å². The molecule has 1 aliphatic rings. The molecule has 1 saturated heterocycles. The number of carbonyl (C=O) groups excluding carboxylic acids is 1. The molecule has 0 N–H and O–H groups in total. The van der Waals surface area contributed by atoms with Crippen LogP contribution in [0.1, 0.15) is 32.9 Å². The molecule has 4 rings (SSSR count). The number of rotatable bonds is 11. The number of para-hydroxylation sites is 1. The van der Waals surface area contributed by atoms with E-state index in [2.05, 4.69) is 50.3 Å². The summed E-state index contributed by atoms with van der Waals surface area (Å²) in [4.78, 5) is 14.6. The highest BCUT2D eigenvalue weighted by Gasteiger charge is 2.36. The minimum Gasteiger partial charge on any atom is -0.467 e. The molecule has 1 aromatic carbocycles. The Bertz CT molecular complexity index is 1330. The fraction of sp³-hybridized carbons (Fsp3) is 0.552. The Morgan fingerprint density at radius 2 is 1.93 bits per heavy atom. The van der Waals surface area contributed by atoms with Crippen molar-refractivity contribution in [3.8, 4) is 17.0 Å². The first-order chi connectivity index (χ1) is 18.9. The summed E-state index contributed by atoms with van der Waals surface area (Å²) in [6.07, 6.45) is 1.28. The van der Waals surface area contributed by atoms with E-state index >= 15 is 0 Å². The van der Waals surface area contributed by atoms with Gasteiger partial charge in [-0.05, 0) is 67.4 Å². The highest BCUT2D eigenvalue weighted by molar-refractivity contribution is 9.10. The number of aromatic nitrogens is 3. The predicted octanol–water partition coefficient (Wildman–Crippen LogP) is 6.71. The lowest BCUT2D eigenvalue weighted by atomic mass is 9.98. The first kappa shape index (κ1) is 30.5. The Balaban J connectivity index is 1.67. The molecule has 11 heteroatoms. The van der Waals surface area contributed by atoms with Gasteiger partial charge >= 0.3 is 6.09 Å². The van der Waals surface area contributed by atoms with Crippen LogP contribution in [0.4, 0.5) is 4.79 Å². The molecule has 1 fully saturated rings. The quantitative estimate of drug-likeness (QED) is 0.132. The SMILES string of the molecule is COCOc1ccccc1-c1cc2c(Br)c(CC3CCN3C(=O)OC(C)(C)C)n(COCC[Si](C)(C)C)c2nn1. The maximum Gasteiger partial charge on any atom is 0.410 e. The van der Waals surface area contributed by atoms with Crippen LogP contribution in [0, 0.1) is 0 Å².